The topological polar surface area (TPSA) is 71.4 Å². The van der Waals surface area contributed by atoms with Crippen LogP contribution in [0.4, 0.5) is 5.69 Å². The SMILES string of the molecule is O=S1(=O)N=C(c2ccc(Cl)nc2)Nc2ccccc21. The van der Waals surface area contributed by atoms with Crippen molar-refractivity contribution < 1.29 is 8.42 Å². The van der Waals surface area contributed by atoms with Crippen LogP contribution in [0.25, 0.3) is 0 Å². The maximum Gasteiger partial charge on any atom is 0.286 e. The van der Waals surface area contributed by atoms with Crippen molar-refractivity contribution in [3.05, 3.63) is 53.3 Å². The van der Waals surface area contributed by atoms with E-state index in [0.29, 0.717) is 16.4 Å². The molecule has 0 aliphatic carbocycles. The number of hydrogen-bond donors (Lipinski definition) is 1. The third kappa shape index (κ3) is 2.20. The zero-order valence-corrected chi connectivity index (χ0v) is 11.1. The molecule has 2 aromatic rings. The van der Waals surface area contributed by atoms with E-state index in [1.807, 2.05) is 0 Å². The van der Waals surface area contributed by atoms with Gasteiger partial charge in [-0.3, -0.25) is 0 Å². The van der Waals surface area contributed by atoms with Gasteiger partial charge in [-0.05, 0) is 24.3 Å². The van der Waals surface area contributed by atoms with Crippen LogP contribution in [0.5, 0.6) is 0 Å². The van der Waals surface area contributed by atoms with Crippen molar-refractivity contribution in [2.75, 3.05) is 5.32 Å². The van der Waals surface area contributed by atoms with E-state index in [0.717, 1.165) is 0 Å². The van der Waals surface area contributed by atoms with Crippen molar-refractivity contribution in [2.45, 2.75) is 4.90 Å². The number of nitrogens with zero attached hydrogens (tertiary/aromatic N) is 2. The molecule has 0 radical (unpaired) electrons. The van der Waals surface area contributed by atoms with Gasteiger partial charge in [0.05, 0.1) is 5.69 Å². The Hall–Kier alpha value is -1.92. The lowest BCUT2D eigenvalue weighted by atomic mass is 10.2. The monoisotopic (exact) mass is 293 g/mol. The van der Waals surface area contributed by atoms with Crippen LogP contribution in [0, 0.1) is 0 Å². The number of rotatable bonds is 1. The Kier molecular flexibility index (Phi) is 2.76. The molecule has 3 rings (SSSR count). The van der Waals surface area contributed by atoms with E-state index < -0.39 is 10.0 Å². The van der Waals surface area contributed by atoms with Crippen LogP contribution in [-0.4, -0.2) is 19.2 Å². The number of hydrogen-bond acceptors (Lipinski definition) is 4. The molecule has 96 valence electrons. The fourth-order valence-electron chi connectivity index (χ4n) is 1.76. The van der Waals surface area contributed by atoms with E-state index in [4.69, 9.17) is 11.6 Å². The predicted molar refractivity (Wildman–Crippen MR) is 73.0 cm³/mol. The second-order valence-corrected chi connectivity index (χ2v) is 5.87. The van der Waals surface area contributed by atoms with Crippen molar-refractivity contribution >= 4 is 33.1 Å². The second-order valence-electron chi connectivity index (χ2n) is 3.91. The smallest absolute Gasteiger partial charge is 0.286 e. The summed E-state index contributed by atoms with van der Waals surface area (Å²) in [5.74, 6) is 0.239. The Bertz CT molecular complexity index is 770. The summed E-state index contributed by atoms with van der Waals surface area (Å²) in [6, 6.07) is 9.84. The van der Waals surface area contributed by atoms with E-state index in [2.05, 4.69) is 14.7 Å². The highest BCUT2D eigenvalue weighted by molar-refractivity contribution is 7.90. The van der Waals surface area contributed by atoms with Crippen molar-refractivity contribution in [1.82, 2.24) is 4.98 Å². The van der Waals surface area contributed by atoms with E-state index in [1.165, 1.54) is 12.3 Å². The largest absolute Gasteiger partial charge is 0.338 e. The molecule has 1 aromatic heterocycles. The quantitative estimate of drug-likeness (QED) is 0.819. The number of amidine groups is 1. The molecular weight excluding hydrogens is 286 g/mol. The molecule has 0 saturated heterocycles. The first kappa shape index (κ1) is 12.1. The van der Waals surface area contributed by atoms with Gasteiger partial charge >= 0.3 is 0 Å². The first-order valence-electron chi connectivity index (χ1n) is 5.39. The van der Waals surface area contributed by atoms with Crippen LogP contribution < -0.4 is 5.32 Å². The number of aromatic nitrogens is 1. The molecule has 0 saturated carbocycles. The summed E-state index contributed by atoms with van der Waals surface area (Å²) >= 11 is 5.70. The van der Waals surface area contributed by atoms with Gasteiger partial charge in [0.2, 0.25) is 0 Å². The average molecular weight is 294 g/mol. The summed E-state index contributed by atoms with van der Waals surface area (Å²) in [7, 11) is -3.68. The molecule has 0 fully saturated rings. The molecule has 0 amide bonds. The molecular formula is C12H8ClN3O2S. The molecule has 1 aliphatic rings. The summed E-state index contributed by atoms with van der Waals surface area (Å²) in [5, 5.41) is 3.31. The molecule has 0 atom stereocenters. The molecule has 0 spiro atoms. The lowest BCUT2D eigenvalue weighted by Crippen LogP contribution is -2.22. The van der Waals surface area contributed by atoms with Gasteiger partial charge in [-0.25, -0.2) is 4.98 Å². The van der Waals surface area contributed by atoms with Gasteiger partial charge in [0.1, 0.15) is 10.0 Å². The van der Waals surface area contributed by atoms with Crippen LogP contribution in [0.2, 0.25) is 5.15 Å². The molecule has 2 heterocycles. The molecule has 7 heteroatoms. The van der Waals surface area contributed by atoms with Crippen LogP contribution in [0.3, 0.4) is 0 Å². The number of fused-ring (bicyclic) bond motifs is 1. The maximum atomic E-state index is 12.0. The van der Waals surface area contributed by atoms with Gasteiger partial charge in [0.25, 0.3) is 10.0 Å². The Morgan fingerprint density at radius 1 is 1.11 bits per heavy atom. The summed E-state index contributed by atoms with van der Waals surface area (Å²) in [6.45, 7) is 0. The Morgan fingerprint density at radius 3 is 2.63 bits per heavy atom. The highest BCUT2D eigenvalue weighted by atomic mass is 35.5. The van der Waals surface area contributed by atoms with Crippen LogP contribution in [0.1, 0.15) is 5.56 Å². The van der Waals surface area contributed by atoms with Crippen molar-refractivity contribution in [1.29, 1.82) is 0 Å². The normalized spacial score (nSPS) is 16.2. The third-order valence-corrected chi connectivity index (χ3v) is 4.19. The minimum atomic E-state index is -3.68. The molecule has 0 bridgehead atoms. The van der Waals surface area contributed by atoms with Gasteiger partial charge in [0.15, 0.2) is 5.84 Å². The average Bonchev–Trinajstić information content (AvgIpc) is 2.39. The van der Waals surface area contributed by atoms with E-state index in [-0.39, 0.29) is 10.7 Å². The molecule has 1 aromatic carbocycles. The summed E-state index contributed by atoms with van der Waals surface area (Å²) in [5.41, 5.74) is 1.06. The predicted octanol–water partition coefficient (Wildman–Crippen LogP) is 2.30. The lowest BCUT2D eigenvalue weighted by molar-refractivity contribution is 0.598. The number of benzene rings is 1. The summed E-state index contributed by atoms with van der Waals surface area (Å²) < 4.78 is 27.8. The number of para-hydroxylation sites is 1. The third-order valence-electron chi connectivity index (χ3n) is 2.63. The highest BCUT2D eigenvalue weighted by Gasteiger charge is 2.24. The first-order valence-corrected chi connectivity index (χ1v) is 7.21. The number of pyridine rings is 1. The molecule has 5 nitrogen and oxygen atoms in total. The molecule has 1 aliphatic heterocycles. The van der Waals surface area contributed by atoms with E-state index in [1.54, 1.807) is 30.3 Å². The number of nitrogens with one attached hydrogen (secondary N) is 1. The highest BCUT2D eigenvalue weighted by Crippen LogP contribution is 2.27. The Labute approximate surface area is 115 Å². The van der Waals surface area contributed by atoms with E-state index in [9.17, 15) is 8.42 Å². The fourth-order valence-corrected chi connectivity index (χ4v) is 3.00. The second kappa shape index (κ2) is 4.32. The maximum absolute atomic E-state index is 12.0. The molecule has 0 unspecified atom stereocenters. The minimum Gasteiger partial charge on any atom is -0.338 e. The van der Waals surface area contributed by atoms with E-state index >= 15 is 0 Å². The zero-order chi connectivity index (χ0) is 13.5. The first-order chi connectivity index (χ1) is 9.06. The van der Waals surface area contributed by atoms with Crippen LogP contribution in [-0.2, 0) is 10.0 Å². The number of halogens is 1. The van der Waals surface area contributed by atoms with Crippen molar-refractivity contribution in [2.24, 2.45) is 4.40 Å². The van der Waals surface area contributed by atoms with Crippen LogP contribution >= 0.6 is 11.6 Å². The minimum absolute atomic E-state index is 0.167. The van der Waals surface area contributed by atoms with Gasteiger partial charge in [-0.1, -0.05) is 23.7 Å². The zero-order valence-electron chi connectivity index (χ0n) is 9.54. The van der Waals surface area contributed by atoms with Crippen LogP contribution in [0.15, 0.2) is 51.9 Å². The van der Waals surface area contributed by atoms with Crippen molar-refractivity contribution in [3.8, 4) is 0 Å². The fraction of sp³-hybridized carbons (Fsp3) is 0. The van der Waals surface area contributed by atoms with Crippen molar-refractivity contribution in [3.63, 3.8) is 0 Å². The Morgan fingerprint density at radius 2 is 1.89 bits per heavy atom. The lowest BCUT2D eigenvalue weighted by Gasteiger charge is -2.17. The molecule has 1 N–H and O–H groups in total. The van der Waals surface area contributed by atoms with Gasteiger partial charge in [-0.2, -0.15) is 8.42 Å². The summed E-state index contributed by atoms with van der Waals surface area (Å²) in [4.78, 5) is 4.08. The molecule has 19 heavy (non-hydrogen) atoms. The van der Waals surface area contributed by atoms with Gasteiger partial charge in [0, 0.05) is 11.8 Å². The standard InChI is InChI=1S/C12H8ClN3O2S/c13-11-6-5-8(7-14-11)12-15-9-3-1-2-4-10(9)19(17,18)16-12/h1-7H,(H,15,16). The van der Waals surface area contributed by atoms with Gasteiger partial charge in [-0.15, -0.1) is 4.40 Å². The van der Waals surface area contributed by atoms with Gasteiger partial charge < -0.3 is 5.32 Å². The Balaban J connectivity index is 2.12. The number of sulfonamides is 1. The number of anilines is 1. The summed E-state index contributed by atoms with van der Waals surface area (Å²) in [6.07, 6.45) is 1.47.